The van der Waals surface area contributed by atoms with Gasteiger partial charge in [-0.05, 0) is 67.9 Å². The number of benzene rings is 2. The summed E-state index contributed by atoms with van der Waals surface area (Å²) in [5, 5.41) is 28.2. The van der Waals surface area contributed by atoms with Crippen molar-refractivity contribution in [3.05, 3.63) is 110 Å². The Labute approximate surface area is 440 Å². The summed E-state index contributed by atoms with van der Waals surface area (Å²) in [6.45, 7) is 3.26. The number of hydrogen-bond acceptors (Lipinski definition) is 14. The second-order valence-corrected chi connectivity index (χ2v) is 19.5. The summed E-state index contributed by atoms with van der Waals surface area (Å²) < 4.78 is 28.0. The van der Waals surface area contributed by atoms with E-state index in [0.29, 0.717) is 81.4 Å². The van der Waals surface area contributed by atoms with Crippen LogP contribution in [-0.4, -0.2) is 118 Å². The number of carbonyl (C=O) groups excluding carboxylic acids is 9. The van der Waals surface area contributed by atoms with Crippen LogP contribution in [0.15, 0.2) is 59.4 Å². The summed E-state index contributed by atoms with van der Waals surface area (Å²) in [5.41, 5.74) is 1.90. The number of aliphatic hydroxyl groups is 1. The van der Waals surface area contributed by atoms with Crippen LogP contribution in [0.3, 0.4) is 0 Å². The number of aromatic nitrogens is 2. The van der Waals surface area contributed by atoms with Gasteiger partial charge in [-0.1, -0.05) is 43.7 Å². The Morgan fingerprint density at radius 2 is 1.57 bits per heavy atom. The zero-order valence-corrected chi connectivity index (χ0v) is 42.8. The fraction of sp³-hybridized carbons (Fsp3) is 0.426. The van der Waals surface area contributed by atoms with Gasteiger partial charge in [0, 0.05) is 60.5 Å². The molecule has 406 valence electrons. The standard InChI is InChI=1S/C54H60FN9O13/c1-4-32-34-21-40-50-35(26-64(40)52(73)36(34)27-76-53(32)74)49-48-33(30(3)37(55)22-38(48)61-50)16-17-54(49,75)62-42(66)19-29(2)77-28-59-44(68)24-58-51(72)39(20-31-11-7-5-8-12-31)60-45(69)25-57-43(67)23-56-41(65)13-9-6-10-18-63-46(70)14-15-47(63)71/h5,7-8,11-12,14-15,21-22,29,32,39,75H,4,6,9-10,13,16-20,23-28H2,1-3H3,(H,56,65)(H,57,67)(H,58,72)(H,59,68)(H,60,69)(H,62,66)/t29-,32-,39-,54-/m0/s1. The summed E-state index contributed by atoms with van der Waals surface area (Å²) in [6, 6.07) is 10.6. The molecular formula is C54H60FN9O13. The van der Waals surface area contributed by atoms with Crippen LogP contribution in [0.4, 0.5) is 4.39 Å². The molecule has 23 heteroatoms. The third-order valence-corrected chi connectivity index (χ3v) is 14.2. The molecule has 8 amide bonds. The van der Waals surface area contributed by atoms with Crippen molar-refractivity contribution in [1.82, 2.24) is 46.4 Å². The lowest BCUT2D eigenvalue weighted by atomic mass is 9.79. The van der Waals surface area contributed by atoms with E-state index < -0.39 is 90.7 Å². The van der Waals surface area contributed by atoms with Gasteiger partial charge in [0.25, 0.3) is 17.4 Å². The molecule has 3 aliphatic heterocycles. The van der Waals surface area contributed by atoms with E-state index in [1.807, 2.05) is 6.92 Å². The average Bonchev–Trinajstić information content (AvgIpc) is 3.99. The number of unbranched alkanes of at least 4 members (excludes halogenated alkanes) is 2. The largest absolute Gasteiger partial charge is 0.460 e. The number of rotatable bonds is 23. The van der Waals surface area contributed by atoms with Crippen molar-refractivity contribution in [3.8, 4) is 11.4 Å². The Bertz CT molecular complexity index is 3140. The molecule has 0 bridgehead atoms. The summed E-state index contributed by atoms with van der Waals surface area (Å²) in [6.07, 6.45) is 3.58. The number of amides is 8. The number of imide groups is 1. The Morgan fingerprint density at radius 1 is 0.870 bits per heavy atom. The van der Waals surface area contributed by atoms with Gasteiger partial charge in [-0.3, -0.25) is 52.8 Å². The molecule has 8 rings (SSSR count). The van der Waals surface area contributed by atoms with Crippen LogP contribution in [0.2, 0.25) is 0 Å². The van der Waals surface area contributed by atoms with Crippen molar-refractivity contribution in [2.75, 3.05) is 32.9 Å². The molecule has 0 spiro atoms. The van der Waals surface area contributed by atoms with E-state index in [1.165, 1.54) is 22.8 Å². The maximum atomic E-state index is 15.4. The number of ether oxygens (including phenoxy) is 2. The van der Waals surface area contributed by atoms with Gasteiger partial charge in [-0.25, -0.2) is 9.37 Å². The normalized spacial score (nSPS) is 17.6. The van der Waals surface area contributed by atoms with Gasteiger partial charge < -0.3 is 51.0 Å². The molecule has 0 saturated heterocycles. The van der Waals surface area contributed by atoms with E-state index in [2.05, 4.69) is 31.9 Å². The van der Waals surface area contributed by atoms with Crippen LogP contribution < -0.4 is 37.5 Å². The van der Waals surface area contributed by atoms with Crippen LogP contribution in [-0.2, 0) is 84.3 Å². The monoisotopic (exact) mass is 1060 g/mol. The molecule has 0 fully saturated rings. The molecule has 0 saturated carbocycles. The lowest BCUT2D eigenvalue weighted by Gasteiger charge is -2.37. The van der Waals surface area contributed by atoms with E-state index in [-0.39, 0.29) is 81.4 Å². The molecule has 5 heterocycles. The number of fused-ring (bicyclic) bond motifs is 5. The summed E-state index contributed by atoms with van der Waals surface area (Å²) >= 11 is 0. The SMILES string of the molecule is CC[C@@H]1C(=O)OCc2c1cc1n(c2=O)Cc2c-1nc1cc(F)c(C)c3c1c2[C@](O)(NC(=O)C[C@H](C)OCNC(=O)CNC(=O)[C@H](Cc1ccccc1)NC(=O)CNC(=O)CNC(=O)CCCCCN1C(=O)C=CC1=O)CC3. The molecule has 7 N–H and O–H groups in total. The van der Waals surface area contributed by atoms with Gasteiger partial charge >= 0.3 is 5.97 Å². The van der Waals surface area contributed by atoms with E-state index >= 15 is 4.39 Å². The topological polar surface area (TPSA) is 303 Å². The second kappa shape index (κ2) is 23.8. The molecule has 1 aliphatic carbocycles. The molecule has 22 nitrogen and oxygen atoms in total. The smallest absolute Gasteiger partial charge is 0.313 e. The minimum Gasteiger partial charge on any atom is -0.460 e. The van der Waals surface area contributed by atoms with Crippen molar-refractivity contribution >= 4 is 64.1 Å². The number of hydrogen-bond donors (Lipinski definition) is 7. The Hall–Kier alpha value is -8.18. The van der Waals surface area contributed by atoms with Gasteiger partial charge in [0.05, 0.1) is 67.1 Å². The van der Waals surface area contributed by atoms with Crippen molar-refractivity contribution in [3.63, 3.8) is 0 Å². The first-order valence-corrected chi connectivity index (χ1v) is 25.5. The molecule has 0 radical (unpaired) electrons. The van der Waals surface area contributed by atoms with E-state index in [4.69, 9.17) is 14.5 Å². The Kier molecular flexibility index (Phi) is 17.0. The molecule has 4 aliphatic rings. The quantitative estimate of drug-likeness (QED) is 0.0209. The van der Waals surface area contributed by atoms with E-state index in [9.17, 15) is 53.1 Å². The number of nitrogens with zero attached hydrogens (tertiary/aromatic N) is 3. The zero-order chi connectivity index (χ0) is 55.1. The third-order valence-electron chi connectivity index (χ3n) is 14.2. The second-order valence-electron chi connectivity index (χ2n) is 19.5. The highest BCUT2D eigenvalue weighted by Gasteiger charge is 2.44. The highest BCUT2D eigenvalue weighted by molar-refractivity contribution is 6.12. The molecule has 2 aromatic heterocycles. The van der Waals surface area contributed by atoms with Gasteiger partial charge in [-0.2, -0.15) is 0 Å². The van der Waals surface area contributed by atoms with Crippen LogP contribution >= 0.6 is 0 Å². The molecule has 77 heavy (non-hydrogen) atoms. The molecular weight excluding hydrogens is 1000 g/mol. The first kappa shape index (κ1) is 55.1. The van der Waals surface area contributed by atoms with Gasteiger partial charge in [0.2, 0.25) is 35.4 Å². The lowest BCUT2D eigenvalue weighted by molar-refractivity contribution is -0.148. The highest BCUT2D eigenvalue weighted by Crippen LogP contribution is 2.47. The predicted octanol–water partition coefficient (Wildman–Crippen LogP) is 1.06. The number of nitrogens with one attached hydrogen (secondary N) is 6. The summed E-state index contributed by atoms with van der Waals surface area (Å²) in [4.78, 5) is 134. The van der Waals surface area contributed by atoms with Gasteiger partial charge in [0.15, 0.2) is 5.72 Å². The minimum atomic E-state index is -1.99. The summed E-state index contributed by atoms with van der Waals surface area (Å²) in [5.74, 6) is -6.10. The number of cyclic esters (lactones) is 1. The van der Waals surface area contributed by atoms with E-state index in [1.54, 1.807) is 50.2 Å². The van der Waals surface area contributed by atoms with Crippen LogP contribution in [0.25, 0.3) is 22.3 Å². The van der Waals surface area contributed by atoms with Crippen molar-refractivity contribution in [2.45, 2.75) is 115 Å². The number of halogens is 1. The maximum absolute atomic E-state index is 15.4. The Balaban J connectivity index is 0.806. The third kappa shape index (κ3) is 12.4. The number of aryl methyl sites for hydroxylation is 1. The minimum absolute atomic E-state index is 0.0142. The maximum Gasteiger partial charge on any atom is 0.313 e. The molecule has 4 atom stereocenters. The van der Waals surface area contributed by atoms with Crippen LogP contribution in [0.5, 0.6) is 0 Å². The number of pyridine rings is 2. The zero-order valence-electron chi connectivity index (χ0n) is 42.8. The fourth-order valence-corrected chi connectivity index (χ4v) is 10.2. The first-order valence-electron chi connectivity index (χ1n) is 25.5. The highest BCUT2D eigenvalue weighted by atomic mass is 19.1. The molecule has 2 aromatic carbocycles. The van der Waals surface area contributed by atoms with Crippen molar-refractivity contribution < 1.29 is 62.1 Å². The fourth-order valence-electron chi connectivity index (χ4n) is 10.2. The Morgan fingerprint density at radius 3 is 2.31 bits per heavy atom. The predicted molar refractivity (Wildman–Crippen MR) is 272 cm³/mol. The number of carbonyl (C=O) groups is 9. The van der Waals surface area contributed by atoms with Crippen LogP contribution in [0, 0.1) is 12.7 Å². The molecule has 0 unspecified atom stereocenters. The lowest BCUT2D eigenvalue weighted by Crippen LogP contribution is -2.52. The van der Waals surface area contributed by atoms with Crippen LogP contribution in [0.1, 0.15) is 104 Å². The van der Waals surface area contributed by atoms with Crippen molar-refractivity contribution in [2.24, 2.45) is 0 Å². The van der Waals surface area contributed by atoms with Gasteiger partial charge in [-0.15, -0.1) is 0 Å². The average molecular weight is 1060 g/mol. The number of esters is 1. The summed E-state index contributed by atoms with van der Waals surface area (Å²) in [7, 11) is 0. The van der Waals surface area contributed by atoms with Crippen molar-refractivity contribution in [1.29, 1.82) is 0 Å². The van der Waals surface area contributed by atoms with Gasteiger partial charge in [0.1, 0.15) is 25.2 Å². The molecule has 4 aromatic rings. The first-order chi connectivity index (χ1) is 36.8. The van der Waals surface area contributed by atoms with E-state index in [0.717, 1.165) is 4.90 Å².